The zero-order chi connectivity index (χ0) is 11.1. The molecule has 0 radical (unpaired) electrons. The number of fused-ring (bicyclic) bond motifs is 2. The number of hydrogen-bond acceptors (Lipinski definition) is 1. The van der Waals surface area contributed by atoms with Crippen molar-refractivity contribution < 1.29 is 4.79 Å². The van der Waals surface area contributed by atoms with Crippen LogP contribution in [0, 0.1) is 17.3 Å². The van der Waals surface area contributed by atoms with Crippen molar-refractivity contribution in [3.63, 3.8) is 0 Å². The second kappa shape index (κ2) is 3.97. The average molecular weight is 230 g/mol. The normalized spacial score (nSPS) is 34.5. The van der Waals surface area contributed by atoms with Crippen molar-refractivity contribution >= 4 is 17.5 Å². The van der Waals surface area contributed by atoms with Gasteiger partial charge in [0.1, 0.15) is 0 Å². The summed E-state index contributed by atoms with van der Waals surface area (Å²) >= 11 is 5.79. The minimum Gasteiger partial charge on any atom is -0.353 e. The minimum atomic E-state index is -0.427. The van der Waals surface area contributed by atoms with Gasteiger partial charge in [0.05, 0.1) is 5.41 Å². The van der Waals surface area contributed by atoms with Gasteiger partial charge < -0.3 is 5.32 Å². The summed E-state index contributed by atoms with van der Waals surface area (Å²) in [6, 6.07) is 0.429. The van der Waals surface area contributed by atoms with Crippen LogP contribution in [0.4, 0.5) is 0 Å². The van der Waals surface area contributed by atoms with E-state index in [0.29, 0.717) is 11.9 Å². The van der Waals surface area contributed by atoms with Gasteiger partial charge in [-0.1, -0.05) is 6.42 Å². The van der Waals surface area contributed by atoms with Crippen LogP contribution in [0.3, 0.4) is 0 Å². The summed E-state index contributed by atoms with van der Waals surface area (Å²) in [4.78, 5) is 11.9. The van der Waals surface area contributed by atoms with E-state index in [0.717, 1.165) is 11.8 Å². The molecule has 3 unspecified atom stereocenters. The van der Waals surface area contributed by atoms with Crippen molar-refractivity contribution in [1.29, 1.82) is 0 Å². The molecule has 1 amide bonds. The topological polar surface area (TPSA) is 29.1 Å². The molecule has 15 heavy (non-hydrogen) atoms. The van der Waals surface area contributed by atoms with E-state index in [1.807, 2.05) is 13.8 Å². The molecule has 3 atom stereocenters. The third-order valence-corrected chi connectivity index (χ3v) is 4.67. The van der Waals surface area contributed by atoms with Crippen LogP contribution in [-0.2, 0) is 4.79 Å². The van der Waals surface area contributed by atoms with Gasteiger partial charge in [-0.15, -0.1) is 11.6 Å². The molecule has 3 heteroatoms. The lowest BCUT2D eigenvalue weighted by Gasteiger charge is -2.28. The van der Waals surface area contributed by atoms with E-state index in [2.05, 4.69) is 5.32 Å². The van der Waals surface area contributed by atoms with Gasteiger partial charge in [0.2, 0.25) is 5.91 Å². The smallest absolute Gasteiger partial charge is 0.227 e. The number of carbonyl (C=O) groups excluding carboxylic acids is 1. The average Bonchev–Trinajstić information content (AvgIpc) is 2.79. The third kappa shape index (κ3) is 2.15. The van der Waals surface area contributed by atoms with E-state index in [-0.39, 0.29) is 5.91 Å². The zero-order valence-corrected chi connectivity index (χ0v) is 10.3. The van der Waals surface area contributed by atoms with Crippen LogP contribution in [0.1, 0.15) is 39.5 Å². The molecule has 0 spiro atoms. The maximum Gasteiger partial charge on any atom is 0.227 e. The Bertz CT molecular complexity index is 264. The van der Waals surface area contributed by atoms with Crippen molar-refractivity contribution in [1.82, 2.24) is 5.32 Å². The number of rotatable bonds is 3. The van der Waals surface area contributed by atoms with Crippen LogP contribution in [-0.4, -0.2) is 17.8 Å². The monoisotopic (exact) mass is 229 g/mol. The summed E-state index contributed by atoms with van der Waals surface area (Å²) in [7, 11) is 0. The van der Waals surface area contributed by atoms with E-state index in [1.165, 1.54) is 25.7 Å². The fraction of sp³-hybridized carbons (Fsp3) is 0.917. The highest BCUT2D eigenvalue weighted by molar-refractivity contribution is 6.19. The molecule has 2 fully saturated rings. The molecule has 86 valence electrons. The van der Waals surface area contributed by atoms with E-state index in [4.69, 9.17) is 11.6 Å². The minimum absolute atomic E-state index is 0.120. The molecule has 2 aliphatic carbocycles. The summed E-state index contributed by atoms with van der Waals surface area (Å²) in [6.45, 7) is 3.81. The molecule has 2 aliphatic rings. The molecule has 1 N–H and O–H groups in total. The third-order valence-electron chi connectivity index (χ3n) is 4.00. The Kier molecular flexibility index (Phi) is 2.98. The molecular weight excluding hydrogens is 210 g/mol. The summed E-state index contributed by atoms with van der Waals surface area (Å²) in [5, 5.41) is 3.18. The van der Waals surface area contributed by atoms with Crippen LogP contribution in [0.5, 0.6) is 0 Å². The van der Waals surface area contributed by atoms with Gasteiger partial charge in [0.25, 0.3) is 0 Å². The number of halogens is 1. The van der Waals surface area contributed by atoms with Crippen molar-refractivity contribution in [2.24, 2.45) is 17.3 Å². The summed E-state index contributed by atoms with van der Waals surface area (Å²) < 4.78 is 0. The number of carbonyl (C=O) groups is 1. The molecule has 0 heterocycles. The Morgan fingerprint density at radius 3 is 2.60 bits per heavy atom. The Morgan fingerprint density at radius 2 is 2.13 bits per heavy atom. The second-order valence-corrected chi connectivity index (χ2v) is 6.04. The Balaban J connectivity index is 1.90. The first kappa shape index (κ1) is 11.3. The highest BCUT2D eigenvalue weighted by Crippen LogP contribution is 2.44. The number of hydrogen-bond donors (Lipinski definition) is 1. The van der Waals surface area contributed by atoms with Crippen molar-refractivity contribution in [3.05, 3.63) is 0 Å². The lowest BCUT2D eigenvalue weighted by Crippen LogP contribution is -2.45. The van der Waals surface area contributed by atoms with E-state index >= 15 is 0 Å². The lowest BCUT2D eigenvalue weighted by molar-refractivity contribution is -0.129. The molecule has 2 bridgehead atoms. The fourth-order valence-electron chi connectivity index (χ4n) is 2.85. The van der Waals surface area contributed by atoms with Gasteiger partial charge in [-0.2, -0.15) is 0 Å². The predicted octanol–water partition coefficient (Wildman–Crippen LogP) is 2.56. The van der Waals surface area contributed by atoms with Crippen molar-refractivity contribution in [2.45, 2.75) is 45.6 Å². The molecule has 2 rings (SSSR count). The van der Waals surface area contributed by atoms with Gasteiger partial charge >= 0.3 is 0 Å². The molecule has 0 aromatic heterocycles. The van der Waals surface area contributed by atoms with Crippen LogP contribution in [0.2, 0.25) is 0 Å². The fourth-order valence-corrected chi connectivity index (χ4v) is 2.97. The molecular formula is C12H20ClNO. The SMILES string of the molecule is CC(C)(CCl)C(=O)NC1CC2CCC1C2. The zero-order valence-electron chi connectivity index (χ0n) is 9.55. The summed E-state index contributed by atoms with van der Waals surface area (Å²) in [5.74, 6) is 2.12. The van der Waals surface area contributed by atoms with Gasteiger partial charge in [-0.25, -0.2) is 0 Å². The lowest BCUT2D eigenvalue weighted by atomic mass is 9.91. The standard InChI is InChI=1S/C12H20ClNO/c1-12(2,7-13)11(15)14-10-6-8-3-4-9(10)5-8/h8-10H,3-7H2,1-2H3,(H,14,15). The van der Waals surface area contributed by atoms with E-state index < -0.39 is 5.41 Å². The van der Waals surface area contributed by atoms with Gasteiger partial charge in [-0.05, 0) is 44.9 Å². The maximum absolute atomic E-state index is 11.9. The van der Waals surface area contributed by atoms with Crippen LogP contribution < -0.4 is 5.32 Å². The second-order valence-electron chi connectivity index (χ2n) is 5.77. The highest BCUT2D eigenvalue weighted by Gasteiger charge is 2.41. The van der Waals surface area contributed by atoms with Gasteiger partial charge in [0.15, 0.2) is 0 Å². The van der Waals surface area contributed by atoms with Crippen LogP contribution in [0.15, 0.2) is 0 Å². The number of alkyl halides is 1. The van der Waals surface area contributed by atoms with Gasteiger partial charge in [-0.3, -0.25) is 4.79 Å². The van der Waals surface area contributed by atoms with E-state index in [1.54, 1.807) is 0 Å². The first-order valence-electron chi connectivity index (χ1n) is 5.90. The quantitative estimate of drug-likeness (QED) is 0.741. The first-order valence-corrected chi connectivity index (χ1v) is 6.43. The molecule has 0 saturated heterocycles. The highest BCUT2D eigenvalue weighted by atomic mass is 35.5. The predicted molar refractivity (Wildman–Crippen MR) is 61.9 cm³/mol. The Morgan fingerprint density at radius 1 is 1.40 bits per heavy atom. The largest absolute Gasteiger partial charge is 0.353 e. The van der Waals surface area contributed by atoms with Crippen LogP contribution in [0.25, 0.3) is 0 Å². The van der Waals surface area contributed by atoms with E-state index in [9.17, 15) is 4.79 Å². The maximum atomic E-state index is 11.9. The summed E-state index contributed by atoms with van der Waals surface area (Å²) in [5.41, 5.74) is -0.427. The van der Waals surface area contributed by atoms with Crippen molar-refractivity contribution in [3.8, 4) is 0 Å². The van der Waals surface area contributed by atoms with Crippen LogP contribution >= 0.6 is 11.6 Å². The first-order chi connectivity index (χ1) is 7.03. The molecule has 0 aromatic carbocycles. The molecule has 2 nitrogen and oxygen atoms in total. The molecule has 0 aromatic rings. The Hall–Kier alpha value is -0.240. The molecule has 2 saturated carbocycles. The Labute approximate surface area is 96.8 Å². The number of amides is 1. The number of nitrogens with one attached hydrogen (secondary N) is 1. The summed E-state index contributed by atoms with van der Waals surface area (Å²) in [6.07, 6.45) is 5.19. The molecule has 0 aliphatic heterocycles. The van der Waals surface area contributed by atoms with Crippen molar-refractivity contribution in [2.75, 3.05) is 5.88 Å². The van der Waals surface area contributed by atoms with Gasteiger partial charge in [0, 0.05) is 11.9 Å².